The molecule has 1 unspecified atom stereocenters. The lowest BCUT2D eigenvalue weighted by Crippen LogP contribution is -2.28. The predicted octanol–water partition coefficient (Wildman–Crippen LogP) is 0.624. The molecular weight excluding hydrogens is 314 g/mol. The summed E-state index contributed by atoms with van der Waals surface area (Å²) in [5.41, 5.74) is 0. The molecule has 1 fully saturated rings. The van der Waals surface area contributed by atoms with E-state index in [1.54, 1.807) is 0 Å². The highest BCUT2D eigenvalue weighted by molar-refractivity contribution is 7.91. The minimum atomic E-state index is -3.57. The molecule has 1 aliphatic heterocycles. The van der Waals surface area contributed by atoms with Gasteiger partial charge in [-0.1, -0.05) is 0 Å². The van der Waals surface area contributed by atoms with Crippen molar-refractivity contribution in [3.63, 3.8) is 0 Å². The lowest BCUT2D eigenvalue weighted by molar-refractivity contribution is 0.270. The molecule has 1 atom stereocenters. The Morgan fingerprint density at radius 3 is 2.43 bits per heavy atom. The van der Waals surface area contributed by atoms with Gasteiger partial charge in [-0.05, 0) is 37.6 Å². The van der Waals surface area contributed by atoms with Crippen LogP contribution in [0.15, 0.2) is 28.0 Å². The SMILES string of the molecule is CS(=O)(=O)c1ccc(OCC2CCCN2)c(S(C)(=O)=O)c1. The Morgan fingerprint density at radius 1 is 1.19 bits per heavy atom. The number of rotatable bonds is 5. The van der Waals surface area contributed by atoms with Crippen LogP contribution in [0, 0.1) is 0 Å². The Kier molecular flexibility index (Phi) is 4.60. The summed E-state index contributed by atoms with van der Waals surface area (Å²) >= 11 is 0. The van der Waals surface area contributed by atoms with Crippen molar-refractivity contribution >= 4 is 19.7 Å². The third-order valence-electron chi connectivity index (χ3n) is 3.35. The van der Waals surface area contributed by atoms with E-state index in [0.29, 0.717) is 6.61 Å². The van der Waals surface area contributed by atoms with E-state index in [0.717, 1.165) is 38.0 Å². The van der Waals surface area contributed by atoms with Crippen molar-refractivity contribution in [1.82, 2.24) is 5.32 Å². The second-order valence-corrected chi connectivity index (χ2v) is 9.26. The largest absolute Gasteiger partial charge is 0.491 e. The highest BCUT2D eigenvalue weighted by atomic mass is 32.2. The van der Waals surface area contributed by atoms with Crippen LogP contribution < -0.4 is 10.1 Å². The van der Waals surface area contributed by atoms with Crippen molar-refractivity contribution in [3.05, 3.63) is 18.2 Å². The number of ether oxygens (including phenoxy) is 1. The molecule has 1 saturated heterocycles. The summed E-state index contributed by atoms with van der Waals surface area (Å²) in [6, 6.07) is 4.12. The Morgan fingerprint density at radius 2 is 1.90 bits per heavy atom. The fourth-order valence-corrected chi connectivity index (χ4v) is 3.77. The third kappa shape index (κ3) is 4.18. The minimum Gasteiger partial charge on any atom is -0.491 e. The van der Waals surface area contributed by atoms with E-state index < -0.39 is 19.7 Å². The average molecular weight is 333 g/mol. The molecular formula is C13H19NO5S2. The summed E-state index contributed by atoms with van der Waals surface area (Å²) in [6.07, 6.45) is 4.13. The Hall–Kier alpha value is -1.12. The quantitative estimate of drug-likeness (QED) is 0.850. The maximum Gasteiger partial charge on any atom is 0.179 e. The molecule has 1 aliphatic rings. The van der Waals surface area contributed by atoms with Gasteiger partial charge in [-0.2, -0.15) is 0 Å². The fourth-order valence-electron chi connectivity index (χ4n) is 2.22. The van der Waals surface area contributed by atoms with Gasteiger partial charge in [-0.3, -0.25) is 0 Å². The average Bonchev–Trinajstić information content (AvgIpc) is 2.87. The van der Waals surface area contributed by atoms with Gasteiger partial charge in [0.2, 0.25) is 0 Å². The number of hydrogen-bond acceptors (Lipinski definition) is 6. The highest BCUT2D eigenvalue weighted by Gasteiger charge is 2.21. The minimum absolute atomic E-state index is 0.0331. The first-order valence-electron chi connectivity index (χ1n) is 6.58. The van der Waals surface area contributed by atoms with Gasteiger partial charge in [-0.25, -0.2) is 16.8 Å². The highest BCUT2D eigenvalue weighted by Crippen LogP contribution is 2.27. The molecule has 1 heterocycles. The van der Waals surface area contributed by atoms with E-state index in [4.69, 9.17) is 4.74 Å². The lowest BCUT2D eigenvalue weighted by Gasteiger charge is -2.15. The van der Waals surface area contributed by atoms with E-state index in [1.165, 1.54) is 12.1 Å². The first-order chi connectivity index (χ1) is 9.68. The van der Waals surface area contributed by atoms with E-state index >= 15 is 0 Å². The Balaban J connectivity index is 2.31. The van der Waals surface area contributed by atoms with Gasteiger partial charge in [-0.15, -0.1) is 0 Å². The maximum atomic E-state index is 11.8. The summed E-state index contributed by atoms with van der Waals surface area (Å²) in [5, 5.41) is 3.25. The molecule has 0 bridgehead atoms. The number of nitrogens with one attached hydrogen (secondary N) is 1. The van der Waals surface area contributed by atoms with Crippen molar-refractivity contribution in [1.29, 1.82) is 0 Å². The van der Waals surface area contributed by atoms with Crippen LogP contribution in [0.4, 0.5) is 0 Å². The van der Waals surface area contributed by atoms with Gasteiger partial charge in [0.05, 0.1) is 4.90 Å². The smallest absolute Gasteiger partial charge is 0.179 e. The molecule has 2 rings (SSSR count). The molecule has 21 heavy (non-hydrogen) atoms. The summed E-state index contributed by atoms with van der Waals surface area (Å²) in [6.45, 7) is 1.29. The molecule has 0 aromatic heterocycles. The van der Waals surface area contributed by atoms with E-state index in [9.17, 15) is 16.8 Å². The van der Waals surface area contributed by atoms with E-state index in [2.05, 4.69) is 5.32 Å². The normalized spacial score (nSPS) is 19.6. The van der Waals surface area contributed by atoms with Crippen LogP contribution in [-0.4, -0.2) is 48.5 Å². The zero-order valence-corrected chi connectivity index (χ0v) is 13.6. The summed E-state index contributed by atoms with van der Waals surface area (Å²) < 4.78 is 52.3. The van der Waals surface area contributed by atoms with Crippen molar-refractivity contribution in [2.45, 2.75) is 28.7 Å². The molecule has 0 amide bonds. The summed E-state index contributed by atoms with van der Waals surface area (Å²) in [4.78, 5) is -0.127. The monoisotopic (exact) mass is 333 g/mol. The maximum absolute atomic E-state index is 11.8. The van der Waals surface area contributed by atoms with Crippen LogP contribution in [0.1, 0.15) is 12.8 Å². The summed E-state index contributed by atoms with van der Waals surface area (Å²) in [7, 11) is -7.04. The van der Waals surface area contributed by atoms with E-state index in [-0.39, 0.29) is 21.6 Å². The van der Waals surface area contributed by atoms with Gasteiger partial charge < -0.3 is 10.1 Å². The van der Waals surface area contributed by atoms with Gasteiger partial charge in [0, 0.05) is 18.6 Å². The second kappa shape index (κ2) is 5.94. The van der Waals surface area contributed by atoms with Crippen molar-refractivity contribution < 1.29 is 21.6 Å². The molecule has 0 aliphatic carbocycles. The number of sulfone groups is 2. The molecule has 1 aromatic rings. The second-order valence-electron chi connectivity index (χ2n) is 5.26. The van der Waals surface area contributed by atoms with Crippen LogP contribution in [-0.2, 0) is 19.7 Å². The third-order valence-corrected chi connectivity index (χ3v) is 5.57. The molecule has 118 valence electrons. The predicted molar refractivity (Wildman–Crippen MR) is 79.2 cm³/mol. The molecule has 8 heteroatoms. The number of benzene rings is 1. The first-order valence-corrected chi connectivity index (χ1v) is 10.4. The molecule has 0 radical (unpaired) electrons. The van der Waals surface area contributed by atoms with Gasteiger partial charge >= 0.3 is 0 Å². The first kappa shape index (κ1) is 16.3. The molecule has 6 nitrogen and oxygen atoms in total. The zero-order valence-electron chi connectivity index (χ0n) is 12.0. The van der Waals surface area contributed by atoms with Crippen molar-refractivity contribution in [2.24, 2.45) is 0 Å². The number of hydrogen-bond donors (Lipinski definition) is 1. The molecule has 0 saturated carbocycles. The van der Waals surface area contributed by atoms with Crippen LogP contribution >= 0.6 is 0 Å². The van der Waals surface area contributed by atoms with Crippen molar-refractivity contribution in [3.8, 4) is 5.75 Å². The van der Waals surface area contributed by atoms with Gasteiger partial charge in [0.15, 0.2) is 19.7 Å². The summed E-state index contributed by atoms with van der Waals surface area (Å²) in [5.74, 6) is 0.193. The Labute approximate surface area is 125 Å². The lowest BCUT2D eigenvalue weighted by atomic mass is 10.2. The van der Waals surface area contributed by atoms with Crippen LogP contribution in [0.25, 0.3) is 0 Å². The van der Waals surface area contributed by atoms with Crippen LogP contribution in [0.3, 0.4) is 0 Å². The topological polar surface area (TPSA) is 89.5 Å². The zero-order chi connectivity index (χ0) is 15.7. The standard InChI is InChI=1S/C13H19NO5S2/c1-20(15,16)11-5-6-12(13(8-11)21(2,17)18)19-9-10-4-3-7-14-10/h5-6,8,10,14H,3-4,7,9H2,1-2H3. The van der Waals surface area contributed by atoms with E-state index in [1.807, 2.05) is 0 Å². The fraction of sp³-hybridized carbons (Fsp3) is 0.538. The van der Waals surface area contributed by atoms with Crippen molar-refractivity contribution in [2.75, 3.05) is 25.7 Å². The molecule has 1 N–H and O–H groups in total. The molecule has 1 aromatic carbocycles. The van der Waals surface area contributed by atoms with Crippen LogP contribution in [0.5, 0.6) is 5.75 Å². The Bertz CT molecular complexity index is 719. The van der Waals surface area contributed by atoms with Crippen LogP contribution in [0.2, 0.25) is 0 Å². The molecule has 0 spiro atoms. The van der Waals surface area contributed by atoms with Gasteiger partial charge in [0.1, 0.15) is 17.3 Å². The van der Waals surface area contributed by atoms with Gasteiger partial charge in [0.25, 0.3) is 0 Å².